The molecule has 0 aromatic carbocycles. The number of rotatable bonds is 1. The molecule has 1 heterocycles. The first kappa shape index (κ1) is 20.6. The number of ether oxygens (including phenoxy) is 1. The Morgan fingerprint density at radius 3 is 2.33 bits per heavy atom. The summed E-state index contributed by atoms with van der Waals surface area (Å²) in [5, 5.41) is 0. The molecule has 0 saturated heterocycles. The molecule has 0 aromatic heterocycles. The Bertz CT molecular complexity index is 506. The highest BCUT2D eigenvalue weighted by Crippen LogP contribution is 2.24. The molecule has 1 aliphatic heterocycles. The minimum Gasteiger partial charge on any atom is -0.462 e. The standard InChI is InChI=1S/C20H32O4/c1-7-18-13(3)8-9-17(21)14(4)10-12(2)11-15(5)19(22)16(6)20(23)24-18/h11-14,16,18H,7-10H2,1-6H3/b15-11+/t12-,13+,14+,16+,18+/m0/s1. The third kappa shape index (κ3) is 5.57. The number of carbonyl (C=O) groups is 3. The predicted octanol–water partition coefficient (Wildman–Crippen LogP) is 4.12. The number of carbonyl (C=O) groups excluding carboxylic acids is 3. The van der Waals surface area contributed by atoms with E-state index in [1.807, 2.05) is 33.8 Å². The van der Waals surface area contributed by atoms with Crippen LogP contribution in [0, 0.1) is 23.7 Å². The smallest absolute Gasteiger partial charge is 0.316 e. The third-order valence-electron chi connectivity index (χ3n) is 5.10. The number of Topliss-reactive ketones (excluding diaryl/α,β-unsaturated/α-hetero) is 2. The van der Waals surface area contributed by atoms with Gasteiger partial charge < -0.3 is 4.74 Å². The van der Waals surface area contributed by atoms with E-state index in [1.54, 1.807) is 13.8 Å². The van der Waals surface area contributed by atoms with Crippen molar-refractivity contribution < 1.29 is 19.1 Å². The Kier molecular flexibility index (Phi) is 7.85. The zero-order valence-electron chi connectivity index (χ0n) is 15.9. The lowest BCUT2D eigenvalue weighted by Crippen LogP contribution is -2.32. The van der Waals surface area contributed by atoms with Gasteiger partial charge in [-0.15, -0.1) is 0 Å². The topological polar surface area (TPSA) is 60.4 Å². The highest BCUT2D eigenvalue weighted by atomic mass is 16.5. The molecule has 0 aromatic rings. The van der Waals surface area contributed by atoms with E-state index in [1.165, 1.54) is 0 Å². The van der Waals surface area contributed by atoms with Crippen molar-refractivity contribution in [2.75, 3.05) is 0 Å². The predicted molar refractivity (Wildman–Crippen MR) is 94.4 cm³/mol. The first-order valence-corrected chi connectivity index (χ1v) is 9.13. The molecular weight excluding hydrogens is 304 g/mol. The van der Waals surface area contributed by atoms with Gasteiger partial charge in [0, 0.05) is 12.3 Å². The van der Waals surface area contributed by atoms with Crippen LogP contribution in [0.15, 0.2) is 11.6 Å². The van der Waals surface area contributed by atoms with Crippen molar-refractivity contribution >= 4 is 17.5 Å². The number of esters is 1. The molecule has 0 fully saturated rings. The number of hydrogen-bond acceptors (Lipinski definition) is 4. The van der Waals surface area contributed by atoms with Crippen LogP contribution in [0.3, 0.4) is 0 Å². The summed E-state index contributed by atoms with van der Waals surface area (Å²) in [4.78, 5) is 37.1. The molecular formula is C20H32O4. The maximum absolute atomic E-state index is 12.5. The monoisotopic (exact) mass is 336 g/mol. The second kappa shape index (κ2) is 9.14. The minimum atomic E-state index is -0.781. The summed E-state index contributed by atoms with van der Waals surface area (Å²) in [6.45, 7) is 11.3. The van der Waals surface area contributed by atoms with E-state index in [2.05, 4.69) is 0 Å². The van der Waals surface area contributed by atoms with Gasteiger partial charge in [-0.2, -0.15) is 0 Å². The van der Waals surface area contributed by atoms with Crippen LogP contribution in [-0.4, -0.2) is 23.6 Å². The zero-order valence-corrected chi connectivity index (χ0v) is 15.9. The van der Waals surface area contributed by atoms with Crippen LogP contribution >= 0.6 is 0 Å². The summed E-state index contributed by atoms with van der Waals surface area (Å²) in [6.07, 6.45) is 4.27. The van der Waals surface area contributed by atoms with Gasteiger partial charge in [0.05, 0.1) is 0 Å². The Balaban J connectivity index is 3.08. The molecule has 24 heavy (non-hydrogen) atoms. The van der Waals surface area contributed by atoms with Crippen molar-refractivity contribution in [3.05, 3.63) is 11.6 Å². The highest BCUT2D eigenvalue weighted by Gasteiger charge is 2.29. The van der Waals surface area contributed by atoms with Crippen molar-refractivity contribution in [1.29, 1.82) is 0 Å². The summed E-state index contributed by atoms with van der Waals surface area (Å²) < 4.78 is 5.58. The maximum atomic E-state index is 12.5. The SMILES string of the molecule is CC[C@H]1OC(=O)[C@H](C)C(=O)/C(C)=C/[C@@H](C)C[C@@H](C)C(=O)CC[C@H]1C. The van der Waals surface area contributed by atoms with Gasteiger partial charge in [0.2, 0.25) is 0 Å². The van der Waals surface area contributed by atoms with E-state index in [4.69, 9.17) is 4.74 Å². The van der Waals surface area contributed by atoms with Crippen molar-refractivity contribution in [3.8, 4) is 0 Å². The maximum Gasteiger partial charge on any atom is 0.316 e. The van der Waals surface area contributed by atoms with Crippen molar-refractivity contribution in [2.45, 2.75) is 73.3 Å². The number of cyclic esters (lactones) is 1. The van der Waals surface area contributed by atoms with Crippen LogP contribution in [0.25, 0.3) is 0 Å². The first-order chi connectivity index (χ1) is 11.2. The van der Waals surface area contributed by atoms with Crippen LogP contribution in [0.1, 0.15) is 67.2 Å². The van der Waals surface area contributed by atoms with Gasteiger partial charge in [0.1, 0.15) is 17.8 Å². The molecule has 0 radical (unpaired) electrons. The van der Waals surface area contributed by atoms with Crippen molar-refractivity contribution in [2.24, 2.45) is 23.7 Å². The van der Waals surface area contributed by atoms with Crippen molar-refractivity contribution in [1.82, 2.24) is 0 Å². The molecule has 0 spiro atoms. The lowest BCUT2D eigenvalue weighted by molar-refractivity contribution is -0.158. The Labute approximate surface area is 146 Å². The first-order valence-electron chi connectivity index (χ1n) is 9.13. The van der Waals surface area contributed by atoms with Crippen LogP contribution in [0.5, 0.6) is 0 Å². The number of hydrogen-bond donors (Lipinski definition) is 0. The fourth-order valence-electron chi connectivity index (χ4n) is 3.37. The van der Waals surface area contributed by atoms with Crippen molar-refractivity contribution in [3.63, 3.8) is 0 Å². The van der Waals surface area contributed by atoms with Gasteiger partial charge in [-0.1, -0.05) is 33.8 Å². The average molecular weight is 336 g/mol. The lowest BCUT2D eigenvalue weighted by Gasteiger charge is -2.25. The molecule has 0 unspecified atom stereocenters. The van der Waals surface area contributed by atoms with E-state index in [9.17, 15) is 14.4 Å². The molecule has 5 atom stereocenters. The fraction of sp³-hybridized carbons (Fsp3) is 0.750. The lowest BCUT2D eigenvalue weighted by atomic mass is 9.87. The van der Waals surface area contributed by atoms with Gasteiger partial charge in [-0.05, 0) is 50.5 Å². The molecule has 0 saturated carbocycles. The van der Waals surface area contributed by atoms with Gasteiger partial charge in [0.25, 0.3) is 0 Å². The summed E-state index contributed by atoms with van der Waals surface area (Å²) >= 11 is 0. The van der Waals surface area contributed by atoms with E-state index >= 15 is 0 Å². The van der Waals surface area contributed by atoms with E-state index in [-0.39, 0.29) is 35.4 Å². The van der Waals surface area contributed by atoms with E-state index in [0.717, 1.165) is 6.42 Å². The summed E-state index contributed by atoms with van der Waals surface area (Å²) in [7, 11) is 0. The zero-order chi connectivity index (χ0) is 18.4. The molecule has 1 aliphatic rings. The molecule has 0 N–H and O–H groups in total. The largest absolute Gasteiger partial charge is 0.462 e. The second-order valence-corrected chi connectivity index (χ2v) is 7.42. The van der Waals surface area contributed by atoms with Gasteiger partial charge in [0.15, 0.2) is 5.78 Å². The van der Waals surface area contributed by atoms with Crippen LogP contribution < -0.4 is 0 Å². The van der Waals surface area contributed by atoms with Crippen LogP contribution in [0.2, 0.25) is 0 Å². The number of ketones is 2. The average Bonchev–Trinajstić information content (AvgIpc) is 2.54. The summed E-state index contributed by atoms with van der Waals surface area (Å²) in [6, 6.07) is 0. The normalized spacial score (nSPS) is 36.5. The van der Waals surface area contributed by atoms with E-state index in [0.29, 0.717) is 24.8 Å². The molecule has 4 heteroatoms. The van der Waals surface area contributed by atoms with Gasteiger partial charge >= 0.3 is 5.97 Å². The molecule has 0 amide bonds. The number of allylic oxidation sites excluding steroid dienone is 2. The molecule has 4 nitrogen and oxygen atoms in total. The van der Waals surface area contributed by atoms with Crippen LogP contribution in [0.4, 0.5) is 0 Å². The summed E-state index contributed by atoms with van der Waals surface area (Å²) in [5.41, 5.74) is 0.574. The Morgan fingerprint density at radius 1 is 1.12 bits per heavy atom. The second-order valence-electron chi connectivity index (χ2n) is 7.42. The molecule has 0 aliphatic carbocycles. The highest BCUT2D eigenvalue weighted by molar-refractivity contribution is 6.07. The fourth-order valence-corrected chi connectivity index (χ4v) is 3.37. The van der Waals surface area contributed by atoms with E-state index < -0.39 is 11.9 Å². The Morgan fingerprint density at radius 2 is 1.75 bits per heavy atom. The van der Waals surface area contributed by atoms with Crippen LogP contribution in [-0.2, 0) is 19.1 Å². The van der Waals surface area contributed by atoms with Gasteiger partial charge in [-0.3, -0.25) is 14.4 Å². The third-order valence-corrected chi connectivity index (χ3v) is 5.10. The molecule has 0 bridgehead atoms. The molecule has 136 valence electrons. The summed E-state index contributed by atoms with van der Waals surface area (Å²) in [5.74, 6) is -0.973. The van der Waals surface area contributed by atoms with Gasteiger partial charge in [-0.25, -0.2) is 0 Å². The molecule has 1 rings (SSSR count). The minimum absolute atomic E-state index is 0.0191. The quantitative estimate of drug-likeness (QED) is 0.534. The Hall–Kier alpha value is -1.45.